The Hall–Kier alpha value is -4.98. The normalized spacial score (nSPS) is 12.3. The Labute approximate surface area is 268 Å². The van der Waals surface area contributed by atoms with Crippen molar-refractivity contribution in [3.05, 3.63) is 157 Å². The lowest BCUT2D eigenvalue weighted by Crippen LogP contribution is -2.37. The summed E-state index contributed by atoms with van der Waals surface area (Å²) in [6.07, 6.45) is 8.57. The van der Waals surface area contributed by atoms with Crippen molar-refractivity contribution < 1.29 is 0 Å². The average Bonchev–Trinajstić information content (AvgIpc) is 3.07. The summed E-state index contributed by atoms with van der Waals surface area (Å²) >= 11 is 0. The molecule has 0 bridgehead atoms. The zero-order valence-corrected chi connectivity index (χ0v) is 27.5. The van der Waals surface area contributed by atoms with E-state index in [2.05, 4.69) is 184 Å². The predicted molar refractivity (Wildman–Crippen MR) is 202 cm³/mol. The smallest absolute Gasteiger partial charge is 0.0776 e. The van der Waals surface area contributed by atoms with Crippen LogP contribution in [0.25, 0.3) is 71.8 Å². The summed E-state index contributed by atoms with van der Waals surface area (Å²) in [5.74, 6) is 0. The first-order valence-electron chi connectivity index (χ1n) is 15.9. The van der Waals surface area contributed by atoms with Crippen LogP contribution in [0.3, 0.4) is 0 Å². The number of hydrogen-bond acceptors (Lipinski definition) is 0. The van der Waals surface area contributed by atoms with Gasteiger partial charge in [0.25, 0.3) is 0 Å². The molecule has 0 atom stereocenters. The predicted octanol–water partition coefficient (Wildman–Crippen LogP) is 12.3. The van der Waals surface area contributed by atoms with Gasteiger partial charge in [-0.2, -0.15) is 0 Å². The summed E-state index contributed by atoms with van der Waals surface area (Å²) in [7, 11) is -1.34. The van der Waals surface area contributed by atoms with Crippen LogP contribution >= 0.6 is 0 Å². The summed E-state index contributed by atoms with van der Waals surface area (Å²) in [4.78, 5) is 0. The summed E-state index contributed by atoms with van der Waals surface area (Å²) in [6, 6.07) is 49.7. The van der Waals surface area contributed by atoms with E-state index in [0.717, 1.165) is 0 Å². The lowest BCUT2D eigenvalue weighted by atomic mass is 9.87. The van der Waals surface area contributed by atoms with Gasteiger partial charge in [0.05, 0.1) is 8.07 Å². The fourth-order valence-corrected chi connectivity index (χ4v) is 7.61. The number of benzene rings is 7. The molecule has 0 aromatic heterocycles. The van der Waals surface area contributed by atoms with E-state index in [-0.39, 0.29) is 0 Å². The van der Waals surface area contributed by atoms with Crippen LogP contribution in [0, 0.1) is 0 Å². The Morgan fingerprint density at radius 3 is 1.82 bits per heavy atom. The third kappa shape index (κ3) is 5.68. The van der Waals surface area contributed by atoms with Gasteiger partial charge in [-0.1, -0.05) is 164 Å². The first-order valence-corrected chi connectivity index (χ1v) is 19.4. The number of allylic oxidation sites excluding steroid dienone is 3. The Morgan fingerprint density at radius 1 is 0.467 bits per heavy atom. The Bertz CT molecular complexity index is 2240. The van der Waals surface area contributed by atoms with Crippen molar-refractivity contribution in [3.63, 3.8) is 0 Å². The van der Waals surface area contributed by atoms with E-state index < -0.39 is 8.07 Å². The molecule has 0 aliphatic rings. The molecule has 7 aromatic rings. The van der Waals surface area contributed by atoms with Crippen LogP contribution in [-0.2, 0) is 0 Å². The molecule has 0 saturated heterocycles. The van der Waals surface area contributed by atoms with Gasteiger partial charge >= 0.3 is 0 Å². The van der Waals surface area contributed by atoms with Gasteiger partial charge in [-0.25, -0.2) is 0 Å². The second kappa shape index (κ2) is 11.8. The van der Waals surface area contributed by atoms with Crippen LogP contribution < -0.4 is 5.19 Å². The van der Waals surface area contributed by atoms with Gasteiger partial charge in [-0.05, 0) is 96.4 Å². The maximum absolute atomic E-state index is 2.41. The molecular formula is C44H38Si. The van der Waals surface area contributed by atoms with Crippen LogP contribution in [0.4, 0.5) is 0 Å². The second-order valence-electron chi connectivity index (χ2n) is 13.0. The van der Waals surface area contributed by atoms with Gasteiger partial charge in [0.15, 0.2) is 0 Å². The number of rotatable bonds is 6. The largest absolute Gasteiger partial charge is 0.0877 e. The standard InChI is InChI=1S/C44H38Si/c1-5-6-7-14-38-30-43(41-15-10-11-16-42(41)44(38)39-24-19-31-12-8-9-13-34(31)28-39)33-20-17-32(18-21-33)35-22-23-37-29-40(45(2,3)4)26-25-36(37)27-35/h5-30H,1-4H3/b6-5-,14-7-. The Kier molecular flexibility index (Phi) is 7.57. The van der Waals surface area contributed by atoms with E-state index in [4.69, 9.17) is 0 Å². The minimum absolute atomic E-state index is 1.22. The van der Waals surface area contributed by atoms with E-state index >= 15 is 0 Å². The van der Waals surface area contributed by atoms with Gasteiger partial charge in [0.2, 0.25) is 0 Å². The molecule has 0 aliphatic carbocycles. The van der Waals surface area contributed by atoms with Crippen molar-refractivity contribution in [1.82, 2.24) is 0 Å². The van der Waals surface area contributed by atoms with Crippen LogP contribution in [0.15, 0.2) is 152 Å². The Morgan fingerprint density at radius 2 is 1.04 bits per heavy atom. The quantitative estimate of drug-likeness (QED) is 0.133. The highest BCUT2D eigenvalue weighted by Crippen LogP contribution is 2.40. The van der Waals surface area contributed by atoms with E-state index in [1.807, 2.05) is 0 Å². The van der Waals surface area contributed by atoms with Gasteiger partial charge in [-0.15, -0.1) is 0 Å². The molecule has 0 radical (unpaired) electrons. The molecule has 0 amide bonds. The molecule has 218 valence electrons. The zero-order valence-electron chi connectivity index (χ0n) is 26.5. The average molecular weight is 595 g/mol. The van der Waals surface area contributed by atoms with Gasteiger partial charge in [-0.3, -0.25) is 0 Å². The van der Waals surface area contributed by atoms with Crippen LogP contribution in [0.1, 0.15) is 12.5 Å². The summed E-state index contributed by atoms with van der Waals surface area (Å²) < 4.78 is 0. The van der Waals surface area contributed by atoms with E-state index in [1.54, 1.807) is 0 Å². The van der Waals surface area contributed by atoms with Gasteiger partial charge in [0, 0.05) is 0 Å². The maximum atomic E-state index is 2.41. The third-order valence-electron chi connectivity index (χ3n) is 8.93. The molecule has 0 unspecified atom stereocenters. The van der Waals surface area contributed by atoms with Crippen LogP contribution in [-0.4, -0.2) is 8.07 Å². The van der Waals surface area contributed by atoms with Crippen molar-refractivity contribution in [2.24, 2.45) is 0 Å². The molecule has 1 heteroatoms. The zero-order chi connectivity index (χ0) is 31.0. The maximum Gasteiger partial charge on any atom is 0.0776 e. The lowest BCUT2D eigenvalue weighted by molar-refractivity contribution is 1.60. The summed E-state index contributed by atoms with van der Waals surface area (Å²) in [5, 5.41) is 9.18. The number of fused-ring (bicyclic) bond motifs is 3. The SMILES string of the molecule is C/C=C\C=C/c1cc(-c2ccc(-c3ccc4cc([Si](C)(C)C)ccc4c3)cc2)c2ccccc2c1-c1ccc2ccccc2c1. The van der Waals surface area contributed by atoms with Gasteiger partial charge < -0.3 is 0 Å². The first kappa shape index (κ1) is 28.8. The fourth-order valence-electron chi connectivity index (χ4n) is 6.44. The van der Waals surface area contributed by atoms with E-state index in [1.165, 1.54) is 76.4 Å². The van der Waals surface area contributed by atoms with E-state index in [0.29, 0.717) is 0 Å². The van der Waals surface area contributed by atoms with Crippen molar-refractivity contribution in [1.29, 1.82) is 0 Å². The molecule has 0 N–H and O–H groups in total. The fraction of sp³-hybridized carbons (Fsp3) is 0.0909. The molecule has 7 aromatic carbocycles. The van der Waals surface area contributed by atoms with Crippen molar-refractivity contribution in [2.75, 3.05) is 0 Å². The minimum atomic E-state index is -1.34. The van der Waals surface area contributed by atoms with E-state index in [9.17, 15) is 0 Å². The lowest BCUT2D eigenvalue weighted by Gasteiger charge is -2.17. The second-order valence-corrected chi connectivity index (χ2v) is 18.1. The molecule has 0 heterocycles. The topological polar surface area (TPSA) is 0 Å². The van der Waals surface area contributed by atoms with Crippen molar-refractivity contribution in [2.45, 2.75) is 26.6 Å². The molecule has 0 spiro atoms. The third-order valence-corrected chi connectivity index (χ3v) is 11.0. The molecule has 7 rings (SSSR count). The molecule has 0 fully saturated rings. The highest BCUT2D eigenvalue weighted by molar-refractivity contribution is 6.88. The molecule has 45 heavy (non-hydrogen) atoms. The summed E-state index contributed by atoms with van der Waals surface area (Å²) in [6.45, 7) is 9.28. The molecule has 0 saturated carbocycles. The molecular weight excluding hydrogens is 557 g/mol. The van der Waals surface area contributed by atoms with Crippen molar-refractivity contribution in [3.8, 4) is 33.4 Å². The monoisotopic (exact) mass is 594 g/mol. The molecule has 0 nitrogen and oxygen atoms in total. The van der Waals surface area contributed by atoms with Crippen LogP contribution in [0.2, 0.25) is 19.6 Å². The van der Waals surface area contributed by atoms with Crippen LogP contribution in [0.5, 0.6) is 0 Å². The van der Waals surface area contributed by atoms with Gasteiger partial charge in [0.1, 0.15) is 0 Å². The summed E-state index contributed by atoms with van der Waals surface area (Å²) in [5.41, 5.74) is 8.68. The highest BCUT2D eigenvalue weighted by Gasteiger charge is 2.17. The minimum Gasteiger partial charge on any atom is -0.0877 e. The first-order chi connectivity index (χ1) is 21.9. The van der Waals surface area contributed by atoms with Crippen molar-refractivity contribution >= 4 is 51.7 Å². The highest BCUT2D eigenvalue weighted by atomic mass is 28.3. The Balaban J connectivity index is 1.33. The number of hydrogen-bond donors (Lipinski definition) is 0. The molecule has 0 aliphatic heterocycles.